The van der Waals surface area contributed by atoms with Crippen molar-refractivity contribution in [3.63, 3.8) is 0 Å². The Morgan fingerprint density at radius 2 is 1.60 bits per heavy atom. The van der Waals surface area contributed by atoms with Crippen LogP contribution in [0.2, 0.25) is 0 Å². The molecule has 0 bridgehead atoms. The summed E-state index contributed by atoms with van der Waals surface area (Å²) in [6.07, 6.45) is 2.73. The Balaban J connectivity index is 1.44. The van der Waals surface area contributed by atoms with E-state index >= 15 is 8.78 Å². The van der Waals surface area contributed by atoms with Crippen LogP contribution in [-0.2, 0) is 27.7 Å². The van der Waals surface area contributed by atoms with Crippen LogP contribution in [0.15, 0.2) is 0 Å². The van der Waals surface area contributed by atoms with Gasteiger partial charge in [0.05, 0.1) is 0 Å². The molecule has 4 aliphatic rings. The Bertz CT molecular complexity index is 1070. The van der Waals surface area contributed by atoms with Crippen molar-refractivity contribution in [3.05, 3.63) is 0 Å². The van der Waals surface area contributed by atoms with E-state index in [1.165, 1.54) is 0 Å². The Morgan fingerprint density at radius 3 is 2.23 bits per heavy atom. The maximum absolute atomic E-state index is 16.2. The molecule has 0 radical (unpaired) electrons. The van der Waals surface area contributed by atoms with Gasteiger partial charge in [-0.2, -0.15) is 0 Å². The van der Waals surface area contributed by atoms with E-state index < -0.39 is 57.4 Å². The Morgan fingerprint density at radius 1 is 0.950 bits per heavy atom. The van der Waals surface area contributed by atoms with Crippen molar-refractivity contribution in [2.45, 2.75) is 96.7 Å². The minimum Gasteiger partial charge on any atom is -0.438 e. The predicted octanol–water partition coefficient (Wildman–Crippen LogP) is 4.71. The van der Waals surface area contributed by atoms with Gasteiger partial charge in [0, 0.05) is 31.6 Å². The normalized spacial score (nSPS) is 44.3. The summed E-state index contributed by atoms with van der Waals surface area (Å²) in [5.74, 6) is -7.22. The predicted molar refractivity (Wildman–Crippen MR) is 136 cm³/mol. The first kappa shape index (κ1) is 32.4. The molecule has 232 valence electrons. The number of carbonyl (C=O) groups excluding carboxylic acids is 1. The fourth-order valence-corrected chi connectivity index (χ4v) is 9.97. The third-order valence-corrected chi connectivity index (χ3v) is 12.0. The summed E-state index contributed by atoms with van der Waals surface area (Å²) in [5, 5.41) is 11.2. The molecule has 10 unspecified atom stereocenters. The van der Waals surface area contributed by atoms with Crippen molar-refractivity contribution in [2.24, 2.45) is 46.3 Å². The summed E-state index contributed by atoms with van der Waals surface area (Å²) in [6, 6.07) is 0. The van der Waals surface area contributed by atoms with Gasteiger partial charge in [-0.25, -0.2) is 27.0 Å². The van der Waals surface area contributed by atoms with Crippen LogP contribution in [0.5, 0.6) is 0 Å². The Hall–Kier alpha value is -0.490. The highest BCUT2D eigenvalue weighted by Gasteiger charge is 2.68. The third kappa shape index (κ3) is 6.53. The standard InChI is InChI=1S/C25H42F2O11P2/c1-15(4-7-20(28)36-14-37-39(30,31)32)17-5-6-18-21-19(8-9-23(17,18)3)22(2)10-11-24(26,38-40(33,34)35)12-16(22)13-25(21,27)29/h15-19,21,29H,4-14H2,1-3H3,(H2,30,31,32)(H2,33,34,35). The number of phosphoric ester groups is 2. The quantitative estimate of drug-likeness (QED) is 0.137. The first-order valence-corrected chi connectivity index (χ1v) is 17.0. The molecular weight excluding hydrogens is 576 g/mol. The smallest absolute Gasteiger partial charge is 0.438 e. The Kier molecular flexibility index (Phi) is 8.83. The molecule has 0 spiro atoms. The van der Waals surface area contributed by atoms with Gasteiger partial charge in [-0.1, -0.05) is 20.8 Å². The lowest BCUT2D eigenvalue weighted by molar-refractivity contribution is -0.283. The molecule has 4 fully saturated rings. The van der Waals surface area contributed by atoms with Gasteiger partial charge in [0.25, 0.3) is 0 Å². The van der Waals surface area contributed by atoms with E-state index in [9.17, 15) is 28.8 Å². The van der Waals surface area contributed by atoms with Crippen molar-refractivity contribution in [2.75, 3.05) is 6.79 Å². The molecule has 5 N–H and O–H groups in total. The zero-order chi connectivity index (χ0) is 29.9. The molecule has 0 aromatic heterocycles. The summed E-state index contributed by atoms with van der Waals surface area (Å²) in [4.78, 5) is 47.8. The van der Waals surface area contributed by atoms with Crippen molar-refractivity contribution < 1.29 is 61.2 Å². The van der Waals surface area contributed by atoms with E-state index in [-0.39, 0.29) is 61.2 Å². The fourth-order valence-electron chi connectivity index (χ4n) is 9.19. The summed E-state index contributed by atoms with van der Waals surface area (Å²) < 4.78 is 67.1. The highest BCUT2D eigenvalue weighted by molar-refractivity contribution is 7.46. The largest absolute Gasteiger partial charge is 0.472 e. The molecule has 10 atom stereocenters. The second-order valence-electron chi connectivity index (χ2n) is 13.1. The molecule has 4 saturated carbocycles. The van der Waals surface area contributed by atoms with Gasteiger partial charge >= 0.3 is 21.6 Å². The molecule has 11 nitrogen and oxygen atoms in total. The number of phosphoric acid groups is 2. The minimum absolute atomic E-state index is 0.0312. The molecular formula is C25H42F2O11P2. The lowest BCUT2D eigenvalue weighted by atomic mass is 9.43. The van der Waals surface area contributed by atoms with E-state index in [2.05, 4.69) is 16.0 Å². The second-order valence-corrected chi connectivity index (χ2v) is 15.5. The molecule has 0 amide bonds. The molecule has 40 heavy (non-hydrogen) atoms. The van der Waals surface area contributed by atoms with Crippen LogP contribution in [0.1, 0.15) is 85.0 Å². The van der Waals surface area contributed by atoms with Crippen LogP contribution in [0.3, 0.4) is 0 Å². The molecule has 4 aliphatic carbocycles. The summed E-state index contributed by atoms with van der Waals surface area (Å²) in [7, 11) is -9.83. The lowest BCUT2D eigenvalue weighted by Gasteiger charge is -2.64. The van der Waals surface area contributed by atoms with Crippen molar-refractivity contribution >= 4 is 21.6 Å². The highest BCUT2D eigenvalue weighted by Crippen LogP contribution is 2.71. The van der Waals surface area contributed by atoms with Crippen molar-refractivity contribution in [1.29, 1.82) is 0 Å². The van der Waals surface area contributed by atoms with Gasteiger partial charge < -0.3 is 29.4 Å². The molecule has 4 rings (SSSR count). The zero-order valence-electron chi connectivity index (χ0n) is 23.1. The summed E-state index contributed by atoms with van der Waals surface area (Å²) in [5.41, 5.74) is -0.805. The molecule has 15 heteroatoms. The van der Waals surface area contributed by atoms with E-state index in [1.807, 2.05) is 13.8 Å². The third-order valence-electron chi connectivity index (χ3n) is 11.0. The number of rotatable bonds is 9. The van der Waals surface area contributed by atoms with Gasteiger partial charge in [0.15, 0.2) is 0 Å². The number of carbonyl (C=O) groups is 1. The maximum atomic E-state index is 16.2. The van der Waals surface area contributed by atoms with Crippen molar-refractivity contribution in [1.82, 2.24) is 0 Å². The van der Waals surface area contributed by atoms with Gasteiger partial charge in [0.2, 0.25) is 18.5 Å². The molecule has 0 aliphatic heterocycles. The number of ether oxygens (including phenoxy) is 1. The van der Waals surface area contributed by atoms with Crippen LogP contribution in [0, 0.1) is 46.3 Å². The van der Waals surface area contributed by atoms with Crippen LogP contribution >= 0.6 is 15.6 Å². The fraction of sp³-hybridized carbons (Fsp3) is 0.960. The minimum atomic E-state index is -5.09. The number of fused-ring (bicyclic) bond motifs is 5. The average molecular weight is 619 g/mol. The summed E-state index contributed by atoms with van der Waals surface area (Å²) >= 11 is 0. The van der Waals surface area contributed by atoms with Crippen LogP contribution in [0.4, 0.5) is 8.78 Å². The first-order chi connectivity index (χ1) is 18.2. The topological polar surface area (TPSA) is 180 Å². The number of halogens is 2. The van der Waals surface area contributed by atoms with E-state index in [4.69, 9.17) is 14.5 Å². The summed E-state index contributed by atoms with van der Waals surface area (Å²) in [6.45, 7) is 5.29. The van der Waals surface area contributed by atoms with Gasteiger partial charge in [-0.05, 0) is 78.9 Å². The number of alkyl halides is 2. The zero-order valence-corrected chi connectivity index (χ0v) is 24.9. The number of hydrogen-bond acceptors (Lipinski definition) is 7. The maximum Gasteiger partial charge on any atom is 0.472 e. The lowest BCUT2D eigenvalue weighted by Crippen LogP contribution is -2.63. The van der Waals surface area contributed by atoms with Gasteiger partial charge in [-0.15, -0.1) is 0 Å². The SMILES string of the molecule is CC(CCC(=O)OCOP(=O)(O)O)C1CCC2C3C(CCC12C)C1(C)CCC(F)(OP(=O)(O)O)CC1CC3(O)F. The van der Waals surface area contributed by atoms with Gasteiger partial charge in [0.1, 0.15) is 0 Å². The van der Waals surface area contributed by atoms with Crippen LogP contribution < -0.4 is 0 Å². The van der Waals surface area contributed by atoms with Crippen LogP contribution in [0.25, 0.3) is 0 Å². The van der Waals surface area contributed by atoms with Crippen LogP contribution in [-0.4, -0.2) is 49.2 Å². The molecule has 0 heterocycles. The van der Waals surface area contributed by atoms with Gasteiger partial charge in [-0.3, -0.25) is 4.79 Å². The molecule has 0 aromatic rings. The number of esters is 1. The first-order valence-electron chi connectivity index (χ1n) is 13.9. The monoisotopic (exact) mass is 618 g/mol. The van der Waals surface area contributed by atoms with E-state index in [0.717, 1.165) is 12.8 Å². The molecule has 0 saturated heterocycles. The number of hydrogen-bond donors (Lipinski definition) is 5. The number of aliphatic hydroxyl groups is 1. The Labute approximate surface area is 232 Å². The second kappa shape index (κ2) is 10.9. The van der Waals surface area contributed by atoms with Crippen molar-refractivity contribution in [3.8, 4) is 0 Å². The van der Waals surface area contributed by atoms with E-state index in [1.54, 1.807) is 0 Å². The highest BCUT2D eigenvalue weighted by atomic mass is 31.2. The average Bonchev–Trinajstić information content (AvgIpc) is 3.13. The van der Waals surface area contributed by atoms with E-state index in [0.29, 0.717) is 19.3 Å². The molecule has 0 aromatic carbocycles.